The zero-order valence-electron chi connectivity index (χ0n) is 32.7. The van der Waals surface area contributed by atoms with E-state index in [-0.39, 0.29) is 5.41 Å². The summed E-state index contributed by atoms with van der Waals surface area (Å²) >= 11 is 0. The molecule has 1 saturated heterocycles. The number of carbonyl (C=O) groups is 1. The third-order valence-electron chi connectivity index (χ3n) is 12.1. The highest BCUT2D eigenvalue weighted by atomic mass is 16.5. The van der Waals surface area contributed by atoms with Crippen LogP contribution in [-0.2, 0) is 16.6 Å². The van der Waals surface area contributed by atoms with Crippen molar-refractivity contribution in [3.05, 3.63) is 112 Å². The van der Waals surface area contributed by atoms with Crippen molar-refractivity contribution < 1.29 is 9.53 Å². The summed E-state index contributed by atoms with van der Waals surface area (Å²) in [5, 5.41) is 0. The lowest BCUT2D eigenvalue weighted by Crippen LogP contribution is -2.35. The number of unbranched alkanes of at least 4 members (excludes halogenated alkanes) is 1. The lowest BCUT2D eigenvalue weighted by Gasteiger charge is -2.38. The standard InChI is InChI=1S/C48H62N2O2/c1-6-35-17-15-18-42(29-35)52-46-25-21-36(20-22-38(46)7-2)16-11-12-19-45(51)47-39(8-3)31-48(5,9-4)44-24-23-40(30-43(44)47)41-28-37(32-49-33-41)34-50-26-13-10-14-27-50/h15,17-18,20-21,23-25,28-30,33,37H,6-14,16,19,22,26-27,31-32,34H2,1-5H3. The van der Waals surface area contributed by atoms with E-state index in [4.69, 9.17) is 9.73 Å². The molecule has 52 heavy (non-hydrogen) atoms. The van der Waals surface area contributed by atoms with Crippen LogP contribution in [0.25, 0.3) is 11.1 Å². The maximum absolute atomic E-state index is 14.3. The Morgan fingerprint density at radius 1 is 0.942 bits per heavy atom. The largest absolute Gasteiger partial charge is 0.457 e. The van der Waals surface area contributed by atoms with Crippen LogP contribution in [0.1, 0.15) is 134 Å². The van der Waals surface area contributed by atoms with E-state index in [0.29, 0.717) is 18.1 Å². The number of allylic oxidation sites excluding steroid dienone is 8. The van der Waals surface area contributed by atoms with Gasteiger partial charge >= 0.3 is 0 Å². The first kappa shape index (κ1) is 38.0. The molecule has 4 heteroatoms. The summed E-state index contributed by atoms with van der Waals surface area (Å²) in [7, 11) is 0. The van der Waals surface area contributed by atoms with Gasteiger partial charge in [0.1, 0.15) is 11.5 Å². The molecule has 1 fully saturated rings. The molecule has 2 aromatic rings. The van der Waals surface area contributed by atoms with E-state index in [9.17, 15) is 4.79 Å². The molecule has 276 valence electrons. The summed E-state index contributed by atoms with van der Waals surface area (Å²) in [4.78, 5) is 21.7. The van der Waals surface area contributed by atoms with Crippen LogP contribution in [-0.4, -0.2) is 43.1 Å². The SMILES string of the molecule is CCC1=C(Oc2cccc(CC)c2)C=CC(CCCCC(=O)C2=C(CC)CC(C)(CC)c3ccc(C4=CC(CN5CCCCC5)CN=C4)cc32)=CC1. The number of benzene rings is 2. The number of Topliss-reactive ketones (excluding diaryl/α,β-unsaturated/α-hetero) is 1. The second kappa shape index (κ2) is 17.8. The minimum atomic E-state index is 0.0415. The third-order valence-corrected chi connectivity index (χ3v) is 12.1. The first-order chi connectivity index (χ1) is 25.3. The van der Waals surface area contributed by atoms with Gasteiger partial charge in [-0.1, -0.05) is 94.7 Å². The summed E-state index contributed by atoms with van der Waals surface area (Å²) in [6.07, 6.45) is 24.5. The maximum Gasteiger partial charge on any atom is 0.163 e. The predicted molar refractivity (Wildman–Crippen MR) is 220 cm³/mol. The third kappa shape index (κ3) is 9.05. The number of fused-ring (bicyclic) bond motifs is 1. The van der Waals surface area contributed by atoms with Crippen molar-refractivity contribution in [3.8, 4) is 5.75 Å². The van der Waals surface area contributed by atoms with Gasteiger partial charge in [0.05, 0.1) is 0 Å². The number of aryl methyl sites for hydroxylation is 1. The van der Waals surface area contributed by atoms with Gasteiger partial charge in [-0.05, 0) is 147 Å². The number of dihydropyridines is 1. The number of rotatable bonds is 15. The highest BCUT2D eigenvalue weighted by molar-refractivity contribution is 6.23. The summed E-state index contributed by atoms with van der Waals surface area (Å²) in [6.45, 7) is 15.7. The Morgan fingerprint density at radius 3 is 2.54 bits per heavy atom. The zero-order chi connectivity index (χ0) is 36.5. The fourth-order valence-corrected chi connectivity index (χ4v) is 8.69. The second-order valence-corrected chi connectivity index (χ2v) is 15.8. The number of piperidine rings is 1. The normalized spacial score (nSPS) is 22.2. The summed E-state index contributed by atoms with van der Waals surface area (Å²) < 4.78 is 6.41. The van der Waals surface area contributed by atoms with E-state index in [0.717, 1.165) is 88.0 Å². The van der Waals surface area contributed by atoms with Crippen molar-refractivity contribution in [3.63, 3.8) is 0 Å². The quantitative estimate of drug-likeness (QED) is 0.174. The van der Waals surface area contributed by atoms with Gasteiger partial charge in [0, 0.05) is 37.2 Å². The molecule has 0 N–H and O–H groups in total. The number of carbonyl (C=O) groups excluding carboxylic acids is 1. The Bertz CT molecular complexity index is 1780. The molecule has 2 aromatic carbocycles. The molecule has 0 radical (unpaired) electrons. The molecule has 0 amide bonds. The van der Waals surface area contributed by atoms with E-state index in [1.165, 1.54) is 76.9 Å². The summed E-state index contributed by atoms with van der Waals surface area (Å²) in [5.74, 6) is 2.63. The van der Waals surface area contributed by atoms with Crippen molar-refractivity contribution in [1.29, 1.82) is 0 Å². The molecule has 6 rings (SSSR count). The number of hydrogen-bond acceptors (Lipinski definition) is 4. The highest BCUT2D eigenvalue weighted by Crippen LogP contribution is 2.47. The molecule has 2 atom stereocenters. The number of hydrogen-bond donors (Lipinski definition) is 0. The molecule has 4 nitrogen and oxygen atoms in total. The average molecular weight is 699 g/mol. The van der Waals surface area contributed by atoms with Crippen molar-refractivity contribution in [1.82, 2.24) is 4.90 Å². The van der Waals surface area contributed by atoms with Gasteiger partial charge in [0.25, 0.3) is 0 Å². The zero-order valence-corrected chi connectivity index (χ0v) is 32.7. The van der Waals surface area contributed by atoms with Crippen molar-refractivity contribution in [2.75, 3.05) is 26.2 Å². The Kier molecular flexibility index (Phi) is 13.0. The van der Waals surface area contributed by atoms with E-state index < -0.39 is 0 Å². The fraction of sp³-hybridized carbons (Fsp3) is 0.500. The summed E-state index contributed by atoms with van der Waals surface area (Å²) in [6, 6.07) is 15.4. The van der Waals surface area contributed by atoms with Crippen LogP contribution in [0.15, 0.2) is 94.2 Å². The van der Waals surface area contributed by atoms with Gasteiger partial charge in [-0.2, -0.15) is 0 Å². The minimum absolute atomic E-state index is 0.0415. The molecule has 2 aliphatic carbocycles. The Balaban J connectivity index is 1.13. The molecular weight excluding hydrogens is 637 g/mol. The van der Waals surface area contributed by atoms with Crippen LogP contribution in [0.2, 0.25) is 0 Å². The molecular formula is C48H62N2O2. The highest BCUT2D eigenvalue weighted by Gasteiger charge is 2.36. The average Bonchev–Trinajstić information content (AvgIpc) is 3.37. The predicted octanol–water partition coefficient (Wildman–Crippen LogP) is 11.8. The molecule has 2 aliphatic heterocycles. The number of ether oxygens (including phenoxy) is 1. The van der Waals surface area contributed by atoms with Gasteiger partial charge in [0.15, 0.2) is 5.78 Å². The van der Waals surface area contributed by atoms with Gasteiger partial charge in [-0.3, -0.25) is 9.79 Å². The van der Waals surface area contributed by atoms with E-state index in [2.05, 4.69) is 106 Å². The Hall–Kier alpha value is -3.76. The molecule has 0 saturated carbocycles. The maximum atomic E-state index is 14.3. The van der Waals surface area contributed by atoms with Gasteiger partial charge < -0.3 is 9.64 Å². The van der Waals surface area contributed by atoms with E-state index in [1.54, 1.807) is 0 Å². The lowest BCUT2D eigenvalue weighted by atomic mass is 9.66. The van der Waals surface area contributed by atoms with E-state index in [1.807, 2.05) is 6.07 Å². The fourth-order valence-electron chi connectivity index (χ4n) is 8.69. The van der Waals surface area contributed by atoms with Crippen LogP contribution < -0.4 is 4.74 Å². The summed E-state index contributed by atoms with van der Waals surface area (Å²) in [5.41, 5.74) is 11.2. The molecule has 4 aliphatic rings. The van der Waals surface area contributed by atoms with Crippen molar-refractivity contribution >= 4 is 23.1 Å². The smallest absolute Gasteiger partial charge is 0.163 e. The van der Waals surface area contributed by atoms with Crippen LogP contribution in [0.5, 0.6) is 5.75 Å². The van der Waals surface area contributed by atoms with Crippen LogP contribution in [0.3, 0.4) is 0 Å². The first-order valence-corrected chi connectivity index (χ1v) is 20.5. The van der Waals surface area contributed by atoms with E-state index >= 15 is 0 Å². The molecule has 0 aromatic heterocycles. The van der Waals surface area contributed by atoms with Crippen LogP contribution in [0.4, 0.5) is 0 Å². The monoisotopic (exact) mass is 698 g/mol. The first-order valence-electron chi connectivity index (χ1n) is 20.5. The van der Waals surface area contributed by atoms with Crippen molar-refractivity contribution in [2.45, 2.75) is 124 Å². The van der Waals surface area contributed by atoms with Gasteiger partial charge in [-0.15, -0.1) is 0 Å². The number of nitrogens with zero attached hydrogens (tertiary/aromatic N) is 2. The van der Waals surface area contributed by atoms with Gasteiger partial charge in [-0.25, -0.2) is 0 Å². The number of likely N-dealkylation sites (tertiary alicyclic amines) is 1. The van der Waals surface area contributed by atoms with Crippen LogP contribution >= 0.6 is 0 Å². The molecule has 2 unspecified atom stereocenters. The number of aliphatic imine (C=N–C) groups is 1. The topological polar surface area (TPSA) is 41.9 Å². The minimum Gasteiger partial charge on any atom is -0.457 e. The van der Waals surface area contributed by atoms with Crippen molar-refractivity contribution in [2.24, 2.45) is 10.9 Å². The van der Waals surface area contributed by atoms with Crippen LogP contribution in [0, 0.1) is 5.92 Å². The molecule has 0 bridgehead atoms. The Morgan fingerprint density at radius 2 is 1.77 bits per heavy atom. The Labute approximate surface area is 314 Å². The molecule has 0 spiro atoms. The second-order valence-electron chi connectivity index (χ2n) is 15.8. The van der Waals surface area contributed by atoms with Gasteiger partial charge in [0.2, 0.25) is 0 Å². The lowest BCUT2D eigenvalue weighted by molar-refractivity contribution is -0.113. The molecule has 2 heterocycles. The number of ketones is 1.